The Bertz CT molecular complexity index is 820. The Labute approximate surface area is 164 Å². The van der Waals surface area contributed by atoms with Crippen LogP contribution in [0.5, 0.6) is 0 Å². The van der Waals surface area contributed by atoms with Crippen molar-refractivity contribution in [3.05, 3.63) is 120 Å². The first-order chi connectivity index (χ1) is 13.5. The van der Waals surface area contributed by atoms with Crippen molar-refractivity contribution in [2.45, 2.75) is 12.3 Å². The van der Waals surface area contributed by atoms with Gasteiger partial charge >= 0.3 is 11.9 Å². The van der Waals surface area contributed by atoms with Crippen LogP contribution in [0.3, 0.4) is 0 Å². The number of carbonyl (C=O) groups is 2. The maximum atomic E-state index is 12.4. The van der Waals surface area contributed by atoms with E-state index in [1.807, 2.05) is 91.0 Å². The summed E-state index contributed by atoms with van der Waals surface area (Å²) in [5, 5.41) is 18.0. The molecule has 0 unspecified atom stereocenters. The summed E-state index contributed by atoms with van der Waals surface area (Å²) in [5.41, 5.74) is 1.05. The van der Waals surface area contributed by atoms with Crippen LogP contribution in [0.4, 0.5) is 0 Å². The molecule has 0 bridgehead atoms. The lowest BCUT2D eigenvalue weighted by Crippen LogP contribution is -2.38. The van der Waals surface area contributed by atoms with Crippen LogP contribution in [-0.4, -0.2) is 22.2 Å². The lowest BCUT2D eigenvalue weighted by Gasteiger charge is -2.31. The van der Waals surface area contributed by atoms with Crippen LogP contribution in [0.25, 0.3) is 0 Å². The third-order valence-electron chi connectivity index (χ3n) is 4.25. The lowest BCUT2D eigenvalue weighted by atomic mass is 9.69. The third-order valence-corrected chi connectivity index (χ3v) is 4.25. The number of benzene rings is 3. The molecule has 0 aromatic heterocycles. The summed E-state index contributed by atoms with van der Waals surface area (Å²) in [6, 6.07) is 28.1. The molecule has 3 aromatic rings. The summed E-state index contributed by atoms with van der Waals surface area (Å²) in [6.07, 6.45) is 2.56. The minimum absolute atomic E-state index is 0.750. The smallest absolute Gasteiger partial charge is 0.327 e. The fourth-order valence-electron chi connectivity index (χ4n) is 3.08. The Morgan fingerprint density at radius 3 is 1.18 bits per heavy atom. The molecule has 0 fully saturated rings. The van der Waals surface area contributed by atoms with Gasteiger partial charge in [0.1, 0.15) is 5.41 Å². The maximum absolute atomic E-state index is 12.4. The van der Waals surface area contributed by atoms with Crippen molar-refractivity contribution in [3.8, 4) is 0 Å². The molecule has 0 aliphatic heterocycles. The van der Waals surface area contributed by atoms with E-state index in [9.17, 15) is 14.7 Å². The van der Waals surface area contributed by atoms with E-state index >= 15 is 0 Å². The summed E-state index contributed by atoms with van der Waals surface area (Å²) in [7, 11) is 0. The van der Waals surface area contributed by atoms with E-state index in [0.717, 1.165) is 22.8 Å². The van der Waals surface area contributed by atoms with E-state index in [2.05, 4.69) is 0 Å². The van der Waals surface area contributed by atoms with Crippen LogP contribution in [0.2, 0.25) is 0 Å². The zero-order valence-corrected chi connectivity index (χ0v) is 15.5. The highest BCUT2D eigenvalue weighted by Crippen LogP contribution is 2.39. The minimum Gasteiger partial charge on any atom is -0.480 e. The summed E-state index contributed by atoms with van der Waals surface area (Å²) in [4.78, 5) is 21.9. The molecule has 0 spiro atoms. The van der Waals surface area contributed by atoms with Gasteiger partial charge in [0.05, 0.1) is 0 Å². The first kappa shape index (κ1) is 20.6. The van der Waals surface area contributed by atoms with Crippen LogP contribution in [-0.2, 0) is 15.0 Å². The summed E-state index contributed by atoms with van der Waals surface area (Å²) >= 11 is 0. The quantitative estimate of drug-likeness (QED) is 0.499. The molecule has 3 rings (SSSR count). The normalized spacial score (nSPS) is 10.8. The first-order valence-electron chi connectivity index (χ1n) is 8.79. The number of rotatable bonds is 5. The first-order valence-corrected chi connectivity index (χ1v) is 8.79. The number of hydrogen-bond acceptors (Lipinski definition) is 2. The zero-order chi connectivity index (χ0) is 20.4. The second kappa shape index (κ2) is 9.88. The number of aliphatic carboxylic acids is 2. The van der Waals surface area contributed by atoms with Gasteiger partial charge in [0.25, 0.3) is 0 Å². The van der Waals surface area contributed by atoms with Crippen molar-refractivity contribution in [3.63, 3.8) is 0 Å². The molecule has 142 valence electrons. The molecular formula is C24H22O4. The Kier molecular flexibility index (Phi) is 7.28. The summed E-state index contributed by atoms with van der Waals surface area (Å²) < 4.78 is 0. The summed E-state index contributed by atoms with van der Waals surface area (Å²) in [5.74, 6) is -1.77. The van der Waals surface area contributed by atoms with Gasteiger partial charge in [0.15, 0.2) is 0 Å². The van der Waals surface area contributed by atoms with Crippen LogP contribution in [0, 0.1) is 0 Å². The fourth-order valence-corrected chi connectivity index (χ4v) is 3.08. The van der Waals surface area contributed by atoms with Gasteiger partial charge in [-0.25, -0.2) is 4.79 Å². The van der Waals surface area contributed by atoms with Crippen LogP contribution in [0.1, 0.15) is 23.6 Å². The molecule has 0 radical (unpaired) electrons. The minimum atomic E-state index is -1.20. The average molecular weight is 374 g/mol. The molecule has 4 heteroatoms. The highest BCUT2D eigenvalue weighted by Gasteiger charge is 2.43. The maximum Gasteiger partial charge on any atom is 0.327 e. The van der Waals surface area contributed by atoms with Crippen molar-refractivity contribution >= 4 is 11.9 Å². The second-order valence-corrected chi connectivity index (χ2v) is 5.99. The molecule has 0 aliphatic carbocycles. The molecular weight excluding hydrogens is 352 g/mol. The van der Waals surface area contributed by atoms with Crippen LogP contribution >= 0.6 is 0 Å². The van der Waals surface area contributed by atoms with Gasteiger partial charge in [-0.1, -0.05) is 97.1 Å². The van der Waals surface area contributed by atoms with E-state index in [4.69, 9.17) is 5.11 Å². The molecule has 4 nitrogen and oxygen atoms in total. The Morgan fingerprint density at radius 1 is 0.679 bits per heavy atom. The highest BCUT2D eigenvalue weighted by molar-refractivity contribution is 5.90. The Morgan fingerprint density at radius 2 is 1.00 bits per heavy atom. The van der Waals surface area contributed by atoms with Gasteiger partial charge in [-0.3, -0.25) is 4.79 Å². The Hall–Kier alpha value is -3.66. The van der Waals surface area contributed by atoms with Crippen LogP contribution < -0.4 is 0 Å². The molecule has 3 aromatic carbocycles. The monoisotopic (exact) mass is 374 g/mol. The predicted octanol–water partition coefficient (Wildman–Crippen LogP) is 4.75. The van der Waals surface area contributed by atoms with E-state index in [1.54, 1.807) is 6.92 Å². The third kappa shape index (κ3) is 4.54. The molecule has 0 saturated heterocycles. The molecule has 0 saturated carbocycles. The fraction of sp³-hybridized carbons (Fsp3) is 0.0833. The predicted molar refractivity (Wildman–Crippen MR) is 109 cm³/mol. The van der Waals surface area contributed by atoms with Gasteiger partial charge in [-0.2, -0.15) is 0 Å². The lowest BCUT2D eigenvalue weighted by molar-refractivity contribution is -0.140. The van der Waals surface area contributed by atoms with E-state index in [0.29, 0.717) is 0 Å². The molecule has 0 amide bonds. The standard InChI is InChI=1S/C20H16O2.C4H6O2/c21-19(22)20(16-10-4-1-5-11-16,17-12-6-2-7-13-17)18-14-8-3-9-15-18;1-2-3-4(5)6/h1-15H,(H,21,22);2-3H,1H3,(H,5,6). The molecule has 0 aliphatic rings. The number of carboxylic acid groups (broad SMARTS) is 2. The number of allylic oxidation sites excluding steroid dienone is 1. The van der Waals surface area contributed by atoms with Crippen molar-refractivity contribution in [2.24, 2.45) is 0 Å². The molecule has 2 N–H and O–H groups in total. The largest absolute Gasteiger partial charge is 0.480 e. The van der Waals surface area contributed by atoms with Gasteiger partial charge < -0.3 is 10.2 Å². The molecule has 0 heterocycles. The zero-order valence-electron chi connectivity index (χ0n) is 15.5. The van der Waals surface area contributed by atoms with E-state index in [1.165, 1.54) is 6.08 Å². The van der Waals surface area contributed by atoms with Crippen molar-refractivity contribution in [2.75, 3.05) is 0 Å². The number of carboxylic acids is 2. The topological polar surface area (TPSA) is 74.6 Å². The SMILES string of the molecule is CC=CC(=O)O.O=C(O)C(c1ccccc1)(c1ccccc1)c1ccccc1. The highest BCUT2D eigenvalue weighted by atomic mass is 16.4. The molecule has 28 heavy (non-hydrogen) atoms. The average Bonchev–Trinajstić information content (AvgIpc) is 2.71. The van der Waals surface area contributed by atoms with Crippen LogP contribution in [0.15, 0.2) is 103 Å². The van der Waals surface area contributed by atoms with Gasteiger partial charge in [-0.05, 0) is 23.6 Å². The van der Waals surface area contributed by atoms with Crippen molar-refractivity contribution < 1.29 is 19.8 Å². The molecule has 0 atom stereocenters. The second-order valence-electron chi connectivity index (χ2n) is 5.99. The van der Waals surface area contributed by atoms with Gasteiger partial charge in [-0.15, -0.1) is 0 Å². The van der Waals surface area contributed by atoms with E-state index < -0.39 is 17.4 Å². The van der Waals surface area contributed by atoms with E-state index in [-0.39, 0.29) is 0 Å². The Balaban J connectivity index is 0.000000409. The number of hydrogen-bond donors (Lipinski definition) is 2. The van der Waals surface area contributed by atoms with Gasteiger partial charge in [0.2, 0.25) is 0 Å². The van der Waals surface area contributed by atoms with Crippen molar-refractivity contribution in [1.82, 2.24) is 0 Å². The van der Waals surface area contributed by atoms with Gasteiger partial charge in [0, 0.05) is 6.08 Å². The van der Waals surface area contributed by atoms with Crippen molar-refractivity contribution in [1.29, 1.82) is 0 Å². The summed E-state index contributed by atoms with van der Waals surface area (Å²) in [6.45, 7) is 1.66.